The van der Waals surface area contributed by atoms with Crippen molar-refractivity contribution in [2.75, 3.05) is 27.9 Å². The predicted molar refractivity (Wildman–Crippen MR) is 115 cm³/mol. The lowest BCUT2D eigenvalue weighted by Crippen LogP contribution is -2.36. The number of ether oxygens (including phenoxy) is 1. The van der Waals surface area contributed by atoms with Crippen molar-refractivity contribution in [2.24, 2.45) is 0 Å². The van der Waals surface area contributed by atoms with Crippen LogP contribution in [0.3, 0.4) is 0 Å². The standard InChI is InChI=1S/C20H26N2O5S2/c1-3-14-27-18-9-11-19(12-10-18)29(25,26)21-17-8-7-16-6-5-13-22(20(16)15-17)28(23,24)4-2/h7-12,15,21H,3-6,13-14H2,1-2H3. The van der Waals surface area contributed by atoms with Gasteiger partial charge in [0, 0.05) is 6.54 Å². The summed E-state index contributed by atoms with van der Waals surface area (Å²) in [5.74, 6) is 0.606. The maximum Gasteiger partial charge on any atom is 0.261 e. The Bertz CT molecular complexity index is 1060. The first-order valence-corrected chi connectivity index (χ1v) is 12.7. The van der Waals surface area contributed by atoms with E-state index in [4.69, 9.17) is 4.74 Å². The monoisotopic (exact) mass is 438 g/mol. The number of rotatable bonds is 8. The van der Waals surface area contributed by atoms with Gasteiger partial charge in [0.1, 0.15) is 5.75 Å². The van der Waals surface area contributed by atoms with Gasteiger partial charge >= 0.3 is 0 Å². The van der Waals surface area contributed by atoms with Crippen LogP contribution in [0.25, 0.3) is 0 Å². The summed E-state index contributed by atoms with van der Waals surface area (Å²) in [7, 11) is -7.23. The molecular weight excluding hydrogens is 412 g/mol. The van der Waals surface area contributed by atoms with E-state index < -0.39 is 20.0 Å². The van der Waals surface area contributed by atoms with Gasteiger partial charge in [-0.3, -0.25) is 9.03 Å². The van der Waals surface area contributed by atoms with Crippen molar-refractivity contribution < 1.29 is 21.6 Å². The molecule has 1 aliphatic heterocycles. The first kappa shape index (κ1) is 21.4. The normalized spacial score (nSPS) is 14.3. The third kappa shape index (κ3) is 4.84. The highest BCUT2D eigenvalue weighted by atomic mass is 32.2. The molecule has 0 saturated heterocycles. The Hall–Kier alpha value is -2.26. The molecule has 0 aliphatic carbocycles. The molecule has 3 rings (SSSR count). The fourth-order valence-corrected chi connectivity index (χ4v) is 5.44. The molecule has 0 atom stereocenters. The quantitative estimate of drug-likeness (QED) is 0.682. The van der Waals surface area contributed by atoms with Gasteiger partial charge in [-0.25, -0.2) is 16.8 Å². The van der Waals surface area contributed by atoms with Crippen LogP contribution in [0, 0.1) is 0 Å². The minimum absolute atomic E-state index is 0.00511. The van der Waals surface area contributed by atoms with Crippen molar-refractivity contribution in [3.63, 3.8) is 0 Å². The number of nitrogens with one attached hydrogen (secondary N) is 1. The van der Waals surface area contributed by atoms with Crippen LogP contribution in [0.15, 0.2) is 47.4 Å². The molecule has 0 unspecified atom stereocenters. The van der Waals surface area contributed by atoms with E-state index in [0.717, 1.165) is 24.8 Å². The zero-order chi connectivity index (χ0) is 21.1. The molecule has 0 fully saturated rings. The van der Waals surface area contributed by atoms with Crippen LogP contribution in [-0.2, 0) is 26.5 Å². The lowest BCUT2D eigenvalue weighted by atomic mass is 10.0. The Balaban J connectivity index is 1.85. The molecule has 1 N–H and O–H groups in total. The second-order valence-corrected chi connectivity index (χ2v) is 10.7. The van der Waals surface area contributed by atoms with Gasteiger partial charge in [-0.05, 0) is 68.1 Å². The number of hydrogen-bond acceptors (Lipinski definition) is 5. The fourth-order valence-electron chi connectivity index (χ4n) is 3.20. The van der Waals surface area contributed by atoms with E-state index >= 15 is 0 Å². The summed E-state index contributed by atoms with van der Waals surface area (Å²) in [4.78, 5) is 0.108. The molecule has 29 heavy (non-hydrogen) atoms. The van der Waals surface area contributed by atoms with Gasteiger partial charge in [-0.1, -0.05) is 13.0 Å². The average molecular weight is 439 g/mol. The molecule has 2 aromatic carbocycles. The second kappa shape index (κ2) is 8.62. The lowest BCUT2D eigenvalue weighted by molar-refractivity contribution is 0.317. The fraction of sp³-hybridized carbons (Fsp3) is 0.400. The van der Waals surface area contributed by atoms with Crippen molar-refractivity contribution in [2.45, 2.75) is 38.0 Å². The maximum atomic E-state index is 12.7. The van der Waals surface area contributed by atoms with Gasteiger partial charge in [-0.15, -0.1) is 0 Å². The van der Waals surface area contributed by atoms with Crippen LogP contribution in [0.5, 0.6) is 5.75 Å². The second-order valence-electron chi connectivity index (χ2n) is 6.85. The van der Waals surface area contributed by atoms with Crippen molar-refractivity contribution >= 4 is 31.4 Å². The molecule has 0 bridgehead atoms. The van der Waals surface area contributed by atoms with Gasteiger partial charge < -0.3 is 4.74 Å². The molecule has 2 aromatic rings. The van der Waals surface area contributed by atoms with Crippen LogP contribution >= 0.6 is 0 Å². The number of sulfonamides is 2. The predicted octanol–water partition coefficient (Wildman–Crippen LogP) is 3.38. The summed E-state index contributed by atoms with van der Waals surface area (Å²) in [6, 6.07) is 11.2. The van der Waals surface area contributed by atoms with E-state index in [9.17, 15) is 16.8 Å². The molecule has 158 valence electrons. The number of fused-ring (bicyclic) bond motifs is 1. The van der Waals surface area contributed by atoms with E-state index in [2.05, 4.69) is 4.72 Å². The van der Waals surface area contributed by atoms with Crippen molar-refractivity contribution in [1.29, 1.82) is 0 Å². The molecule has 9 heteroatoms. The minimum Gasteiger partial charge on any atom is -0.494 e. The Morgan fingerprint density at radius 1 is 1.03 bits per heavy atom. The van der Waals surface area contributed by atoms with Crippen LogP contribution in [0.4, 0.5) is 11.4 Å². The highest BCUT2D eigenvalue weighted by molar-refractivity contribution is 7.93. The first-order valence-electron chi connectivity index (χ1n) is 9.66. The van der Waals surface area contributed by atoms with Gasteiger partial charge in [0.15, 0.2) is 0 Å². The molecular formula is C20H26N2O5S2. The zero-order valence-electron chi connectivity index (χ0n) is 16.6. The maximum absolute atomic E-state index is 12.7. The zero-order valence-corrected chi connectivity index (χ0v) is 18.2. The SMILES string of the molecule is CCCOc1ccc(S(=O)(=O)Nc2ccc3c(c2)N(S(=O)(=O)CC)CCC3)cc1. The number of benzene rings is 2. The molecule has 0 amide bonds. The average Bonchev–Trinajstić information content (AvgIpc) is 2.71. The van der Waals surface area contributed by atoms with Gasteiger partial charge in [0.25, 0.3) is 10.0 Å². The first-order chi connectivity index (χ1) is 13.8. The van der Waals surface area contributed by atoms with Gasteiger partial charge in [0.05, 0.1) is 28.6 Å². The van der Waals surface area contributed by atoms with E-state index in [1.807, 2.05) is 6.92 Å². The summed E-state index contributed by atoms with van der Waals surface area (Å²) in [6.45, 7) is 4.56. The molecule has 0 radical (unpaired) electrons. The Labute approximate surface area is 172 Å². The summed E-state index contributed by atoms with van der Waals surface area (Å²) in [6.07, 6.45) is 2.37. The summed E-state index contributed by atoms with van der Waals surface area (Å²) < 4.78 is 59.7. The topological polar surface area (TPSA) is 92.8 Å². The molecule has 1 aliphatic rings. The lowest BCUT2D eigenvalue weighted by Gasteiger charge is -2.30. The number of anilines is 2. The Morgan fingerprint density at radius 3 is 2.41 bits per heavy atom. The molecule has 1 heterocycles. The summed E-state index contributed by atoms with van der Waals surface area (Å²) in [5, 5.41) is 0. The van der Waals surface area contributed by atoms with Gasteiger partial charge in [0.2, 0.25) is 10.0 Å². The number of hydrogen-bond donors (Lipinski definition) is 1. The van der Waals surface area contributed by atoms with Crippen molar-refractivity contribution in [3.05, 3.63) is 48.0 Å². The summed E-state index contributed by atoms with van der Waals surface area (Å²) in [5.41, 5.74) is 1.77. The van der Waals surface area contributed by atoms with E-state index in [1.54, 1.807) is 37.3 Å². The largest absolute Gasteiger partial charge is 0.494 e. The van der Waals surface area contributed by atoms with Crippen molar-refractivity contribution in [1.82, 2.24) is 0 Å². The molecule has 0 aromatic heterocycles. The van der Waals surface area contributed by atoms with Crippen molar-refractivity contribution in [3.8, 4) is 5.75 Å². The molecule has 7 nitrogen and oxygen atoms in total. The van der Waals surface area contributed by atoms with E-state index in [-0.39, 0.29) is 10.6 Å². The van der Waals surface area contributed by atoms with Crippen LogP contribution in [0.1, 0.15) is 32.3 Å². The van der Waals surface area contributed by atoms with E-state index in [1.165, 1.54) is 16.4 Å². The third-order valence-electron chi connectivity index (χ3n) is 4.72. The number of nitrogens with zero attached hydrogens (tertiary/aromatic N) is 1. The smallest absolute Gasteiger partial charge is 0.261 e. The highest BCUT2D eigenvalue weighted by Crippen LogP contribution is 2.33. The Kier molecular flexibility index (Phi) is 6.38. The van der Waals surface area contributed by atoms with Crippen LogP contribution in [0.2, 0.25) is 0 Å². The third-order valence-corrected chi connectivity index (χ3v) is 7.90. The number of aryl methyl sites for hydroxylation is 1. The van der Waals surface area contributed by atoms with Gasteiger partial charge in [-0.2, -0.15) is 0 Å². The van der Waals surface area contributed by atoms with Crippen LogP contribution in [-0.4, -0.2) is 35.7 Å². The molecule has 0 saturated carbocycles. The highest BCUT2D eigenvalue weighted by Gasteiger charge is 2.27. The summed E-state index contributed by atoms with van der Waals surface area (Å²) >= 11 is 0. The Morgan fingerprint density at radius 2 is 1.76 bits per heavy atom. The minimum atomic E-state index is -3.81. The van der Waals surface area contributed by atoms with E-state index in [0.29, 0.717) is 30.3 Å². The van der Waals surface area contributed by atoms with Crippen LogP contribution < -0.4 is 13.8 Å². The molecule has 0 spiro atoms.